The van der Waals surface area contributed by atoms with Crippen LogP contribution in [0, 0.1) is 0 Å². The molecule has 0 bridgehead atoms. The Kier molecular flexibility index (Phi) is 6.17. The van der Waals surface area contributed by atoms with Gasteiger partial charge in [0.15, 0.2) is 0 Å². The number of carbonyl (C=O) groups excluding carboxylic acids is 1. The van der Waals surface area contributed by atoms with Gasteiger partial charge in [0.1, 0.15) is 18.0 Å². The number of carbonyl (C=O) groups is 1. The van der Waals surface area contributed by atoms with Crippen LogP contribution in [-0.4, -0.2) is 20.0 Å². The maximum absolute atomic E-state index is 12.4. The SMILES string of the molecule is Cn1c(=O)c2cc(NC(=O)/C=C/c3cccc(OCc4ccccc4)c3)cnc2n(C)c1=O. The van der Waals surface area contributed by atoms with Gasteiger partial charge in [-0.25, -0.2) is 9.78 Å². The fraction of sp³-hybridized carbons (Fsp3) is 0.120. The third-order valence-corrected chi connectivity index (χ3v) is 5.09. The summed E-state index contributed by atoms with van der Waals surface area (Å²) in [4.78, 5) is 41.0. The molecule has 2 aromatic heterocycles. The number of amides is 1. The van der Waals surface area contributed by atoms with Crippen LogP contribution in [0.15, 0.2) is 82.5 Å². The molecule has 0 saturated heterocycles. The molecule has 0 fully saturated rings. The highest BCUT2D eigenvalue weighted by molar-refractivity contribution is 6.02. The van der Waals surface area contributed by atoms with Gasteiger partial charge in [-0.2, -0.15) is 0 Å². The van der Waals surface area contributed by atoms with E-state index >= 15 is 0 Å². The van der Waals surface area contributed by atoms with E-state index in [-0.39, 0.29) is 16.9 Å². The van der Waals surface area contributed by atoms with Crippen molar-refractivity contribution in [3.63, 3.8) is 0 Å². The first-order valence-electron chi connectivity index (χ1n) is 10.2. The number of anilines is 1. The molecule has 0 aliphatic rings. The molecule has 33 heavy (non-hydrogen) atoms. The quantitative estimate of drug-likeness (QED) is 0.464. The average molecular weight is 442 g/mol. The van der Waals surface area contributed by atoms with E-state index in [0.717, 1.165) is 15.7 Å². The lowest BCUT2D eigenvalue weighted by Gasteiger charge is -2.08. The third-order valence-electron chi connectivity index (χ3n) is 5.09. The normalized spacial score (nSPS) is 11.1. The highest BCUT2D eigenvalue weighted by atomic mass is 16.5. The zero-order valence-corrected chi connectivity index (χ0v) is 18.2. The molecule has 4 aromatic rings. The van der Waals surface area contributed by atoms with E-state index < -0.39 is 11.2 Å². The Morgan fingerprint density at radius 2 is 1.82 bits per heavy atom. The number of fused-ring (bicyclic) bond motifs is 1. The van der Waals surface area contributed by atoms with Crippen molar-refractivity contribution in [2.75, 3.05) is 5.32 Å². The molecule has 2 heterocycles. The lowest BCUT2D eigenvalue weighted by atomic mass is 10.2. The fourth-order valence-corrected chi connectivity index (χ4v) is 3.34. The molecular weight excluding hydrogens is 420 g/mol. The summed E-state index contributed by atoms with van der Waals surface area (Å²) in [7, 11) is 2.94. The Labute approximate surface area is 189 Å². The molecule has 8 heteroatoms. The van der Waals surface area contributed by atoms with E-state index in [2.05, 4.69) is 10.3 Å². The van der Waals surface area contributed by atoms with Crippen LogP contribution < -0.4 is 21.3 Å². The average Bonchev–Trinajstić information content (AvgIpc) is 2.84. The lowest BCUT2D eigenvalue weighted by Crippen LogP contribution is -2.37. The Bertz CT molecular complexity index is 1470. The smallest absolute Gasteiger partial charge is 0.332 e. The summed E-state index contributed by atoms with van der Waals surface area (Å²) in [5.74, 6) is 0.315. The molecular formula is C25H22N4O4. The molecule has 4 rings (SSSR count). The number of hydrogen-bond acceptors (Lipinski definition) is 5. The number of hydrogen-bond donors (Lipinski definition) is 1. The van der Waals surface area contributed by atoms with Crippen LogP contribution in [-0.2, 0) is 25.5 Å². The summed E-state index contributed by atoms with van der Waals surface area (Å²) in [6, 6.07) is 18.8. The standard InChI is InChI=1S/C25H22N4O4/c1-28-23-21(24(31)29(2)25(28)32)14-19(15-26-23)27-22(30)12-11-17-9-6-10-20(13-17)33-16-18-7-4-3-5-8-18/h3-15H,16H2,1-2H3,(H,27,30)/b12-11+. The summed E-state index contributed by atoms with van der Waals surface area (Å²) < 4.78 is 8.11. The molecule has 1 N–H and O–H groups in total. The molecule has 8 nitrogen and oxygen atoms in total. The minimum atomic E-state index is -0.473. The summed E-state index contributed by atoms with van der Waals surface area (Å²) in [6.45, 7) is 0.453. The van der Waals surface area contributed by atoms with Gasteiger partial charge in [-0.1, -0.05) is 42.5 Å². The van der Waals surface area contributed by atoms with Gasteiger partial charge in [-0.3, -0.25) is 18.7 Å². The molecule has 166 valence electrons. The van der Waals surface area contributed by atoms with Crippen LogP contribution in [0.2, 0.25) is 0 Å². The Hall–Kier alpha value is -4.46. The van der Waals surface area contributed by atoms with E-state index in [4.69, 9.17) is 4.74 Å². The van der Waals surface area contributed by atoms with E-state index in [9.17, 15) is 14.4 Å². The minimum Gasteiger partial charge on any atom is -0.489 e. The van der Waals surface area contributed by atoms with Crippen LogP contribution in [0.3, 0.4) is 0 Å². The molecule has 0 unspecified atom stereocenters. The van der Waals surface area contributed by atoms with Crippen molar-refractivity contribution >= 4 is 28.7 Å². The first-order valence-corrected chi connectivity index (χ1v) is 10.2. The predicted octanol–water partition coefficient (Wildman–Crippen LogP) is 2.86. The summed E-state index contributed by atoms with van der Waals surface area (Å²) in [5, 5.41) is 2.93. The summed E-state index contributed by atoms with van der Waals surface area (Å²) in [6.07, 6.45) is 4.46. The molecule has 0 radical (unpaired) electrons. The van der Waals surface area contributed by atoms with Gasteiger partial charge in [-0.05, 0) is 35.4 Å². The number of rotatable bonds is 6. The Balaban J connectivity index is 1.45. The maximum Gasteiger partial charge on any atom is 0.332 e. The van der Waals surface area contributed by atoms with Crippen LogP contribution in [0.25, 0.3) is 17.1 Å². The highest BCUT2D eigenvalue weighted by Crippen LogP contribution is 2.17. The monoisotopic (exact) mass is 442 g/mol. The topological polar surface area (TPSA) is 95.2 Å². The van der Waals surface area contributed by atoms with Gasteiger partial charge >= 0.3 is 5.69 Å². The van der Waals surface area contributed by atoms with Crippen molar-refractivity contribution in [1.29, 1.82) is 0 Å². The fourth-order valence-electron chi connectivity index (χ4n) is 3.34. The number of benzene rings is 2. The van der Waals surface area contributed by atoms with Crippen molar-refractivity contribution in [2.45, 2.75) is 6.61 Å². The zero-order valence-electron chi connectivity index (χ0n) is 18.2. The van der Waals surface area contributed by atoms with Crippen molar-refractivity contribution in [3.8, 4) is 5.75 Å². The molecule has 2 aromatic carbocycles. The number of nitrogens with one attached hydrogen (secondary N) is 1. The third kappa shape index (κ3) is 4.90. The molecule has 0 aliphatic carbocycles. The van der Waals surface area contributed by atoms with Gasteiger partial charge in [0.25, 0.3) is 5.56 Å². The predicted molar refractivity (Wildman–Crippen MR) is 127 cm³/mol. The van der Waals surface area contributed by atoms with Gasteiger partial charge in [-0.15, -0.1) is 0 Å². The first kappa shape index (κ1) is 21.8. The van der Waals surface area contributed by atoms with E-state index in [1.165, 1.54) is 37.0 Å². The number of pyridine rings is 1. The van der Waals surface area contributed by atoms with Crippen molar-refractivity contribution in [3.05, 3.63) is 105 Å². The molecule has 0 aliphatic heterocycles. The minimum absolute atomic E-state index is 0.240. The van der Waals surface area contributed by atoms with Crippen LogP contribution in [0.5, 0.6) is 5.75 Å². The largest absolute Gasteiger partial charge is 0.489 e. The van der Waals surface area contributed by atoms with Gasteiger partial charge in [0, 0.05) is 20.2 Å². The van der Waals surface area contributed by atoms with Gasteiger partial charge in [0.05, 0.1) is 17.3 Å². The van der Waals surface area contributed by atoms with Crippen LogP contribution >= 0.6 is 0 Å². The summed E-state index contributed by atoms with van der Waals surface area (Å²) >= 11 is 0. The zero-order chi connectivity index (χ0) is 23.4. The van der Waals surface area contributed by atoms with Gasteiger partial charge in [0.2, 0.25) is 5.91 Å². The Morgan fingerprint density at radius 1 is 1.03 bits per heavy atom. The van der Waals surface area contributed by atoms with Crippen LogP contribution in [0.4, 0.5) is 5.69 Å². The number of nitrogens with zero attached hydrogens (tertiary/aromatic N) is 3. The van der Waals surface area contributed by atoms with Crippen molar-refractivity contribution in [2.24, 2.45) is 14.1 Å². The highest BCUT2D eigenvalue weighted by Gasteiger charge is 2.11. The number of aromatic nitrogens is 3. The van der Waals surface area contributed by atoms with Crippen molar-refractivity contribution < 1.29 is 9.53 Å². The Morgan fingerprint density at radius 3 is 2.61 bits per heavy atom. The van der Waals surface area contributed by atoms with E-state index in [1.54, 1.807) is 6.08 Å². The maximum atomic E-state index is 12.4. The van der Waals surface area contributed by atoms with Crippen LogP contribution in [0.1, 0.15) is 11.1 Å². The van der Waals surface area contributed by atoms with E-state index in [1.807, 2.05) is 54.6 Å². The second-order valence-corrected chi connectivity index (χ2v) is 7.47. The lowest BCUT2D eigenvalue weighted by molar-refractivity contribution is -0.111. The second-order valence-electron chi connectivity index (χ2n) is 7.47. The molecule has 0 saturated carbocycles. The number of aryl methyl sites for hydroxylation is 1. The van der Waals surface area contributed by atoms with E-state index in [0.29, 0.717) is 18.0 Å². The van der Waals surface area contributed by atoms with Crippen molar-refractivity contribution in [1.82, 2.24) is 14.1 Å². The van der Waals surface area contributed by atoms with Gasteiger partial charge < -0.3 is 10.1 Å². The summed E-state index contributed by atoms with van der Waals surface area (Å²) in [5.41, 5.74) is 1.54. The molecule has 1 amide bonds. The number of ether oxygens (including phenoxy) is 1. The first-order chi connectivity index (χ1) is 15.9. The molecule has 0 spiro atoms. The second kappa shape index (κ2) is 9.35. The molecule has 0 atom stereocenters.